The van der Waals surface area contributed by atoms with E-state index in [9.17, 15) is 4.79 Å². The summed E-state index contributed by atoms with van der Waals surface area (Å²) < 4.78 is 0. The lowest BCUT2D eigenvalue weighted by atomic mass is 10.2. The van der Waals surface area contributed by atoms with Crippen LogP contribution in [-0.4, -0.2) is 21.1 Å². The number of benzene rings is 2. The van der Waals surface area contributed by atoms with Crippen molar-refractivity contribution in [3.8, 4) is 0 Å². The van der Waals surface area contributed by atoms with Crippen molar-refractivity contribution in [3.63, 3.8) is 0 Å². The number of carbonyl (C=O) groups excluding carboxylic acids is 1. The molecule has 4 nitrogen and oxygen atoms in total. The number of nitrogens with one attached hydrogen (secondary N) is 1. The Balaban J connectivity index is 1.77. The van der Waals surface area contributed by atoms with Gasteiger partial charge in [0, 0.05) is 5.39 Å². The van der Waals surface area contributed by atoms with Gasteiger partial charge in [0.2, 0.25) is 5.91 Å². The summed E-state index contributed by atoms with van der Waals surface area (Å²) >= 11 is 13.4. The van der Waals surface area contributed by atoms with Crippen molar-refractivity contribution in [2.75, 3.05) is 5.32 Å². The quantitative estimate of drug-likeness (QED) is 0.510. The predicted molar refractivity (Wildman–Crippen MR) is 99.9 cm³/mol. The molecule has 0 fully saturated rings. The topological polar surface area (TPSA) is 54.9 Å². The number of fused-ring (bicyclic) bond motifs is 1. The molecule has 0 saturated heterocycles. The fraction of sp³-hybridized carbons (Fsp3) is 0.118. The minimum Gasteiger partial charge on any atom is -0.324 e. The highest BCUT2D eigenvalue weighted by Gasteiger charge is 2.18. The minimum atomic E-state index is -0.363. The smallest absolute Gasteiger partial charge is 0.237 e. The van der Waals surface area contributed by atoms with Crippen molar-refractivity contribution >= 4 is 57.5 Å². The number of amides is 1. The van der Waals surface area contributed by atoms with Crippen LogP contribution in [0.3, 0.4) is 0 Å². The van der Waals surface area contributed by atoms with Crippen molar-refractivity contribution in [1.82, 2.24) is 9.97 Å². The van der Waals surface area contributed by atoms with E-state index in [-0.39, 0.29) is 11.2 Å². The summed E-state index contributed by atoms with van der Waals surface area (Å²) in [6.45, 7) is 1.81. The third kappa shape index (κ3) is 3.64. The first kappa shape index (κ1) is 17.0. The summed E-state index contributed by atoms with van der Waals surface area (Å²) in [6.07, 6.45) is 1.50. The monoisotopic (exact) mass is 377 g/mol. The number of rotatable bonds is 4. The summed E-state index contributed by atoms with van der Waals surface area (Å²) in [7, 11) is 0. The van der Waals surface area contributed by atoms with Crippen LogP contribution >= 0.6 is 35.0 Å². The summed E-state index contributed by atoms with van der Waals surface area (Å²) in [5, 5.41) is 4.85. The maximum atomic E-state index is 12.4. The Morgan fingerprint density at radius 3 is 2.75 bits per heavy atom. The molecule has 0 aliphatic heterocycles. The molecule has 1 heterocycles. The number of para-hydroxylation sites is 1. The lowest BCUT2D eigenvalue weighted by Gasteiger charge is -2.13. The molecule has 0 bridgehead atoms. The molecule has 3 rings (SSSR count). The summed E-state index contributed by atoms with van der Waals surface area (Å²) in [5.74, 6) is -0.174. The van der Waals surface area contributed by atoms with E-state index >= 15 is 0 Å². The molecule has 0 unspecified atom stereocenters. The Morgan fingerprint density at radius 1 is 1.12 bits per heavy atom. The van der Waals surface area contributed by atoms with Gasteiger partial charge in [-0.2, -0.15) is 0 Å². The molecule has 0 radical (unpaired) electrons. The SMILES string of the molecule is C[C@@H](Sc1ncnc2ccccc12)C(=O)Nc1cccc(Cl)c1Cl. The molecule has 0 aliphatic carbocycles. The molecule has 1 atom stereocenters. The summed E-state index contributed by atoms with van der Waals surface area (Å²) in [4.78, 5) is 21.0. The van der Waals surface area contributed by atoms with Crippen LogP contribution in [0.4, 0.5) is 5.69 Å². The average Bonchev–Trinajstić information content (AvgIpc) is 2.59. The lowest BCUT2D eigenvalue weighted by molar-refractivity contribution is -0.115. The second-order valence-corrected chi connectivity index (χ2v) is 7.16. The highest BCUT2D eigenvalue weighted by atomic mass is 35.5. The zero-order chi connectivity index (χ0) is 17.1. The van der Waals surface area contributed by atoms with Crippen molar-refractivity contribution < 1.29 is 4.79 Å². The highest BCUT2D eigenvalue weighted by molar-refractivity contribution is 8.00. The summed E-state index contributed by atoms with van der Waals surface area (Å²) in [5.41, 5.74) is 1.34. The van der Waals surface area contributed by atoms with Gasteiger partial charge in [0.1, 0.15) is 11.4 Å². The highest BCUT2D eigenvalue weighted by Crippen LogP contribution is 2.31. The lowest BCUT2D eigenvalue weighted by Crippen LogP contribution is -2.22. The second kappa shape index (κ2) is 7.38. The fourth-order valence-electron chi connectivity index (χ4n) is 2.13. The van der Waals surface area contributed by atoms with Gasteiger partial charge in [0.05, 0.1) is 26.5 Å². The van der Waals surface area contributed by atoms with E-state index in [0.29, 0.717) is 15.7 Å². The Hall–Kier alpha value is -1.82. The number of thioether (sulfide) groups is 1. The largest absolute Gasteiger partial charge is 0.324 e. The fourth-order valence-corrected chi connectivity index (χ4v) is 3.39. The van der Waals surface area contributed by atoms with Crippen molar-refractivity contribution in [3.05, 3.63) is 58.8 Å². The van der Waals surface area contributed by atoms with Crippen molar-refractivity contribution in [1.29, 1.82) is 0 Å². The predicted octanol–water partition coefficient (Wildman–Crippen LogP) is 5.06. The third-order valence-corrected chi connectivity index (χ3v) is 5.31. The van der Waals surface area contributed by atoms with Crippen molar-refractivity contribution in [2.24, 2.45) is 0 Å². The van der Waals surface area contributed by atoms with Crippen LogP contribution in [-0.2, 0) is 4.79 Å². The van der Waals surface area contributed by atoms with E-state index in [1.54, 1.807) is 18.2 Å². The van der Waals surface area contributed by atoms with Gasteiger partial charge in [0.15, 0.2) is 0 Å². The van der Waals surface area contributed by atoms with Gasteiger partial charge in [-0.3, -0.25) is 4.79 Å². The van der Waals surface area contributed by atoms with Gasteiger partial charge in [-0.15, -0.1) is 0 Å². The van der Waals surface area contributed by atoms with Gasteiger partial charge in [-0.05, 0) is 25.1 Å². The standard InChI is InChI=1S/C17H13Cl2N3OS/c1-10(16(23)22-14-8-4-6-12(18)15(14)19)24-17-11-5-2-3-7-13(11)20-9-21-17/h2-10H,1H3,(H,22,23)/t10-/m1/s1. The number of nitrogens with zero attached hydrogens (tertiary/aromatic N) is 2. The molecular formula is C17H13Cl2N3OS. The first-order chi connectivity index (χ1) is 11.6. The number of hydrogen-bond donors (Lipinski definition) is 1. The van der Waals surface area contributed by atoms with Gasteiger partial charge in [-0.1, -0.05) is 59.2 Å². The minimum absolute atomic E-state index is 0.174. The number of carbonyl (C=O) groups is 1. The normalized spacial score (nSPS) is 12.1. The third-order valence-electron chi connectivity index (χ3n) is 3.37. The average molecular weight is 378 g/mol. The number of anilines is 1. The van der Waals surface area contributed by atoms with Crippen LogP contribution in [0, 0.1) is 0 Å². The molecule has 122 valence electrons. The van der Waals surface area contributed by atoms with E-state index in [0.717, 1.165) is 15.9 Å². The van der Waals surface area contributed by atoms with Crippen LogP contribution in [0.1, 0.15) is 6.92 Å². The molecule has 1 aromatic heterocycles. The van der Waals surface area contributed by atoms with E-state index < -0.39 is 0 Å². The van der Waals surface area contributed by atoms with Crippen LogP contribution < -0.4 is 5.32 Å². The van der Waals surface area contributed by atoms with Crippen LogP contribution in [0.25, 0.3) is 10.9 Å². The van der Waals surface area contributed by atoms with E-state index in [2.05, 4.69) is 15.3 Å². The van der Waals surface area contributed by atoms with Crippen LogP contribution in [0.15, 0.2) is 53.8 Å². The Morgan fingerprint density at radius 2 is 1.92 bits per heavy atom. The molecule has 7 heteroatoms. The molecule has 3 aromatic rings. The number of aromatic nitrogens is 2. The molecule has 1 N–H and O–H groups in total. The van der Waals surface area contributed by atoms with E-state index in [1.165, 1.54) is 18.1 Å². The van der Waals surface area contributed by atoms with Crippen LogP contribution in [0.2, 0.25) is 10.0 Å². The number of halogens is 2. The molecule has 2 aromatic carbocycles. The molecule has 0 saturated carbocycles. The van der Waals surface area contributed by atoms with E-state index in [4.69, 9.17) is 23.2 Å². The van der Waals surface area contributed by atoms with Crippen molar-refractivity contribution in [2.45, 2.75) is 17.2 Å². The zero-order valence-electron chi connectivity index (χ0n) is 12.7. The molecule has 24 heavy (non-hydrogen) atoms. The van der Waals surface area contributed by atoms with Gasteiger partial charge >= 0.3 is 0 Å². The maximum Gasteiger partial charge on any atom is 0.237 e. The van der Waals surface area contributed by atoms with Crippen LogP contribution in [0.5, 0.6) is 0 Å². The Labute approximate surface area is 153 Å². The molecule has 0 spiro atoms. The molecule has 1 amide bonds. The summed E-state index contributed by atoms with van der Waals surface area (Å²) in [6, 6.07) is 12.8. The Kier molecular flexibility index (Phi) is 5.23. The zero-order valence-corrected chi connectivity index (χ0v) is 15.0. The van der Waals surface area contributed by atoms with E-state index in [1.807, 2.05) is 31.2 Å². The van der Waals surface area contributed by atoms with Gasteiger partial charge in [0.25, 0.3) is 0 Å². The molecular weight excluding hydrogens is 365 g/mol. The van der Waals surface area contributed by atoms with Gasteiger partial charge in [-0.25, -0.2) is 9.97 Å². The second-order valence-electron chi connectivity index (χ2n) is 5.05. The first-order valence-electron chi connectivity index (χ1n) is 7.17. The number of hydrogen-bond acceptors (Lipinski definition) is 4. The molecule has 0 aliphatic rings. The van der Waals surface area contributed by atoms with Gasteiger partial charge < -0.3 is 5.32 Å². The first-order valence-corrected chi connectivity index (χ1v) is 8.81. The Bertz CT molecular complexity index is 899. The maximum absolute atomic E-state index is 12.4.